The number of hydrogen-bond donors (Lipinski definition) is 1. The van der Waals surface area contributed by atoms with Gasteiger partial charge in [-0.3, -0.25) is 0 Å². The standard InChI is InChI=1S/C16H22N2OS/c1-5-12-7-6-8-13(9-12)19-10-14-18-11(2)15(20-14)16(3,4)17/h6-9H,5,10,17H2,1-4H3. The third-order valence-corrected chi connectivity index (χ3v) is 4.57. The third kappa shape index (κ3) is 3.58. The molecule has 20 heavy (non-hydrogen) atoms. The molecule has 0 amide bonds. The molecule has 0 fully saturated rings. The lowest BCUT2D eigenvalue weighted by Crippen LogP contribution is -2.28. The molecule has 0 saturated heterocycles. The van der Waals surface area contributed by atoms with E-state index in [1.165, 1.54) is 5.56 Å². The molecule has 0 aliphatic rings. The highest BCUT2D eigenvalue weighted by molar-refractivity contribution is 7.11. The Bertz CT molecular complexity index is 584. The molecule has 4 heteroatoms. The highest BCUT2D eigenvalue weighted by atomic mass is 32.1. The molecule has 0 radical (unpaired) electrons. The van der Waals surface area contributed by atoms with Crippen molar-refractivity contribution >= 4 is 11.3 Å². The Morgan fingerprint density at radius 1 is 1.35 bits per heavy atom. The van der Waals surface area contributed by atoms with Crippen molar-refractivity contribution in [2.75, 3.05) is 0 Å². The number of aromatic nitrogens is 1. The van der Waals surface area contributed by atoms with Crippen LogP contribution in [0.2, 0.25) is 0 Å². The zero-order valence-electron chi connectivity index (χ0n) is 12.6. The minimum absolute atomic E-state index is 0.345. The second-order valence-corrected chi connectivity index (χ2v) is 6.62. The average Bonchev–Trinajstić information content (AvgIpc) is 2.78. The van der Waals surface area contributed by atoms with Gasteiger partial charge in [-0.25, -0.2) is 4.98 Å². The Morgan fingerprint density at radius 3 is 2.70 bits per heavy atom. The SMILES string of the molecule is CCc1cccc(OCc2nc(C)c(C(C)(C)N)s2)c1. The summed E-state index contributed by atoms with van der Waals surface area (Å²) in [4.78, 5) is 5.67. The van der Waals surface area contributed by atoms with E-state index in [-0.39, 0.29) is 5.54 Å². The summed E-state index contributed by atoms with van der Waals surface area (Å²) >= 11 is 1.63. The zero-order valence-corrected chi connectivity index (χ0v) is 13.4. The van der Waals surface area contributed by atoms with Gasteiger partial charge in [0.15, 0.2) is 0 Å². The number of nitrogens with two attached hydrogens (primary N) is 1. The lowest BCUT2D eigenvalue weighted by Gasteiger charge is -2.16. The number of rotatable bonds is 5. The lowest BCUT2D eigenvalue weighted by molar-refractivity contribution is 0.305. The van der Waals surface area contributed by atoms with Gasteiger partial charge in [-0.05, 0) is 44.9 Å². The van der Waals surface area contributed by atoms with Gasteiger partial charge in [-0.1, -0.05) is 19.1 Å². The number of benzene rings is 1. The van der Waals surface area contributed by atoms with Gasteiger partial charge < -0.3 is 10.5 Å². The Morgan fingerprint density at radius 2 is 2.10 bits per heavy atom. The van der Waals surface area contributed by atoms with Crippen molar-refractivity contribution < 1.29 is 4.74 Å². The fraction of sp³-hybridized carbons (Fsp3) is 0.438. The van der Waals surface area contributed by atoms with Crippen molar-refractivity contribution in [3.63, 3.8) is 0 Å². The maximum absolute atomic E-state index is 6.15. The van der Waals surface area contributed by atoms with Crippen LogP contribution >= 0.6 is 11.3 Å². The summed E-state index contributed by atoms with van der Waals surface area (Å²) < 4.78 is 5.82. The van der Waals surface area contributed by atoms with Crippen LogP contribution in [0.15, 0.2) is 24.3 Å². The molecule has 3 nitrogen and oxygen atoms in total. The Kier molecular flexibility index (Phi) is 4.45. The number of nitrogens with zero attached hydrogens (tertiary/aromatic N) is 1. The lowest BCUT2D eigenvalue weighted by atomic mass is 10.0. The van der Waals surface area contributed by atoms with Crippen LogP contribution in [0.5, 0.6) is 5.75 Å². The summed E-state index contributed by atoms with van der Waals surface area (Å²) in [6.07, 6.45) is 1.01. The zero-order chi connectivity index (χ0) is 14.8. The Balaban J connectivity index is 2.07. The number of hydrogen-bond acceptors (Lipinski definition) is 4. The maximum Gasteiger partial charge on any atom is 0.140 e. The van der Waals surface area contributed by atoms with Crippen LogP contribution in [-0.2, 0) is 18.6 Å². The van der Waals surface area contributed by atoms with Crippen LogP contribution in [0.1, 0.15) is 41.9 Å². The first-order valence-electron chi connectivity index (χ1n) is 6.87. The van der Waals surface area contributed by atoms with E-state index in [1.807, 2.05) is 32.9 Å². The highest BCUT2D eigenvalue weighted by Gasteiger charge is 2.21. The molecular formula is C16H22N2OS. The van der Waals surface area contributed by atoms with E-state index in [0.29, 0.717) is 6.61 Å². The first-order valence-corrected chi connectivity index (χ1v) is 7.69. The van der Waals surface area contributed by atoms with Gasteiger partial charge in [0, 0.05) is 10.4 Å². The van der Waals surface area contributed by atoms with Crippen molar-refractivity contribution in [3.8, 4) is 5.75 Å². The van der Waals surface area contributed by atoms with Crippen LogP contribution in [0, 0.1) is 6.92 Å². The smallest absolute Gasteiger partial charge is 0.140 e. The van der Waals surface area contributed by atoms with Crippen LogP contribution in [0.25, 0.3) is 0 Å². The van der Waals surface area contributed by atoms with E-state index in [0.717, 1.165) is 27.7 Å². The van der Waals surface area contributed by atoms with Gasteiger partial charge in [-0.2, -0.15) is 0 Å². The normalized spacial score (nSPS) is 11.7. The monoisotopic (exact) mass is 290 g/mol. The van der Waals surface area contributed by atoms with E-state index in [4.69, 9.17) is 10.5 Å². The molecule has 0 saturated carbocycles. The van der Waals surface area contributed by atoms with Gasteiger partial charge in [-0.15, -0.1) is 11.3 Å². The minimum Gasteiger partial charge on any atom is -0.486 e. The molecule has 1 heterocycles. The molecular weight excluding hydrogens is 268 g/mol. The summed E-state index contributed by atoms with van der Waals surface area (Å²) in [6.45, 7) is 8.64. The predicted octanol–water partition coefficient (Wildman–Crippen LogP) is 3.79. The van der Waals surface area contributed by atoms with Gasteiger partial charge in [0.05, 0.1) is 5.69 Å². The number of aryl methyl sites for hydroxylation is 2. The van der Waals surface area contributed by atoms with Crippen LogP contribution in [0.4, 0.5) is 0 Å². The molecule has 0 bridgehead atoms. The van der Waals surface area contributed by atoms with Crippen molar-refractivity contribution in [3.05, 3.63) is 45.4 Å². The molecule has 1 aromatic carbocycles. The highest BCUT2D eigenvalue weighted by Crippen LogP contribution is 2.28. The summed E-state index contributed by atoms with van der Waals surface area (Å²) in [7, 11) is 0. The summed E-state index contributed by atoms with van der Waals surface area (Å²) in [6, 6.07) is 8.19. The predicted molar refractivity (Wildman–Crippen MR) is 84.2 cm³/mol. The van der Waals surface area contributed by atoms with Crippen molar-refractivity contribution in [2.24, 2.45) is 5.73 Å². The van der Waals surface area contributed by atoms with Crippen LogP contribution in [0.3, 0.4) is 0 Å². The molecule has 0 aliphatic heterocycles. The molecule has 0 aliphatic carbocycles. The quantitative estimate of drug-likeness (QED) is 0.911. The first-order chi connectivity index (χ1) is 9.40. The van der Waals surface area contributed by atoms with Gasteiger partial charge >= 0.3 is 0 Å². The Labute approximate surface area is 124 Å². The molecule has 2 rings (SSSR count). The van der Waals surface area contributed by atoms with Gasteiger partial charge in [0.2, 0.25) is 0 Å². The van der Waals surface area contributed by atoms with Crippen molar-refractivity contribution in [1.82, 2.24) is 4.98 Å². The van der Waals surface area contributed by atoms with Crippen LogP contribution < -0.4 is 10.5 Å². The fourth-order valence-electron chi connectivity index (χ4n) is 2.11. The van der Waals surface area contributed by atoms with Crippen LogP contribution in [-0.4, -0.2) is 4.98 Å². The third-order valence-electron chi connectivity index (χ3n) is 3.10. The van der Waals surface area contributed by atoms with Gasteiger partial charge in [0.1, 0.15) is 17.4 Å². The molecule has 0 spiro atoms. The largest absolute Gasteiger partial charge is 0.486 e. The van der Waals surface area contributed by atoms with E-state index in [1.54, 1.807) is 11.3 Å². The van der Waals surface area contributed by atoms with E-state index >= 15 is 0 Å². The Hall–Kier alpha value is -1.39. The molecule has 2 N–H and O–H groups in total. The van der Waals surface area contributed by atoms with E-state index in [9.17, 15) is 0 Å². The summed E-state index contributed by atoms with van der Waals surface area (Å²) in [5, 5.41) is 0.970. The number of ether oxygens (including phenoxy) is 1. The topological polar surface area (TPSA) is 48.1 Å². The summed E-state index contributed by atoms with van der Waals surface area (Å²) in [5.41, 5.74) is 8.08. The second kappa shape index (κ2) is 5.94. The van der Waals surface area contributed by atoms with Gasteiger partial charge in [0.25, 0.3) is 0 Å². The summed E-state index contributed by atoms with van der Waals surface area (Å²) in [5.74, 6) is 0.894. The fourth-order valence-corrected chi connectivity index (χ4v) is 3.10. The second-order valence-electron chi connectivity index (χ2n) is 5.53. The molecule has 0 atom stereocenters. The maximum atomic E-state index is 6.15. The minimum atomic E-state index is -0.345. The molecule has 1 aromatic heterocycles. The van der Waals surface area contributed by atoms with Crippen molar-refractivity contribution in [1.29, 1.82) is 0 Å². The first kappa shape index (κ1) is 15.0. The molecule has 108 valence electrons. The molecule has 2 aromatic rings. The molecule has 0 unspecified atom stereocenters. The number of thiazole rings is 1. The average molecular weight is 290 g/mol. The van der Waals surface area contributed by atoms with E-state index < -0.39 is 0 Å². The van der Waals surface area contributed by atoms with Crippen molar-refractivity contribution in [2.45, 2.75) is 46.3 Å². The van der Waals surface area contributed by atoms with E-state index in [2.05, 4.69) is 24.0 Å².